The lowest BCUT2D eigenvalue weighted by molar-refractivity contribution is -0.135. The highest BCUT2D eigenvalue weighted by atomic mass is 32.1. The molecule has 1 aromatic heterocycles. The van der Waals surface area contributed by atoms with Crippen LogP contribution in [0.25, 0.3) is 0 Å². The Labute approximate surface area is 164 Å². The molecule has 27 heavy (non-hydrogen) atoms. The van der Waals surface area contributed by atoms with Crippen molar-refractivity contribution in [2.45, 2.75) is 57.4 Å². The number of piperidine rings is 1. The molecule has 1 aliphatic carbocycles. The Bertz CT molecular complexity index is 641. The summed E-state index contributed by atoms with van der Waals surface area (Å²) in [6, 6.07) is 2.08. The molecule has 1 aliphatic heterocycles. The van der Waals surface area contributed by atoms with Gasteiger partial charge in [-0.05, 0) is 37.1 Å². The van der Waals surface area contributed by atoms with E-state index in [0.29, 0.717) is 31.2 Å². The summed E-state index contributed by atoms with van der Waals surface area (Å²) in [5.74, 6) is -0.140. The molecule has 2 N–H and O–H groups in total. The molecule has 3 rings (SSSR count). The minimum atomic E-state index is -0.146. The van der Waals surface area contributed by atoms with Crippen LogP contribution in [0.2, 0.25) is 0 Å². The second-order valence-corrected chi connectivity index (χ2v) is 8.32. The number of nitrogens with one attached hydrogen (secondary N) is 2. The predicted molar refractivity (Wildman–Crippen MR) is 106 cm³/mol. The van der Waals surface area contributed by atoms with Crippen molar-refractivity contribution in [3.05, 3.63) is 22.4 Å². The molecule has 0 spiro atoms. The van der Waals surface area contributed by atoms with Crippen molar-refractivity contribution >= 4 is 29.1 Å². The van der Waals surface area contributed by atoms with Gasteiger partial charge in [0.1, 0.15) is 0 Å². The zero-order valence-corrected chi connectivity index (χ0v) is 16.6. The van der Waals surface area contributed by atoms with E-state index in [9.17, 15) is 14.4 Å². The first-order valence-corrected chi connectivity index (χ1v) is 11.0. The van der Waals surface area contributed by atoms with Crippen molar-refractivity contribution in [3.63, 3.8) is 0 Å². The zero-order valence-electron chi connectivity index (χ0n) is 15.7. The molecule has 0 bridgehead atoms. The summed E-state index contributed by atoms with van der Waals surface area (Å²) in [6.07, 6.45) is 7.77. The Kier molecular flexibility index (Phi) is 7.26. The van der Waals surface area contributed by atoms with Gasteiger partial charge in [0, 0.05) is 43.0 Å². The fraction of sp³-hybridized carbons (Fsp3) is 0.650. The topological polar surface area (TPSA) is 78.5 Å². The van der Waals surface area contributed by atoms with Crippen LogP contribution in [0, 0.1) is 5.92 Å². The average molecular weight is 392 g/mol. The number of thiophene rings is 1. The average Bonchev–Trinajstić information content (AvgIpc) is 3.23. The molecular formula is C20H29N3O3S. The third-order valence-corrected chi connectivity index (χ3v) is 6.19. The molecule has 2 aliphatic rings. The number of hydrogen-bond acceptors (Lipinski definition) is 4. The highest BCUT2D eigenvalue weighted by Crippen LogP contribution is 2.21. The second-order valence-electron chi connectivity index (χ2n) is 7.54. The number of rotatable bonds is 6. The highest BCUT2D eigenvalue weighted by Gasteiger charge is 2.29. The maximum Gasteiger partial charge on any atom is 0.252 e. The maximum atomic E-state index is 12.6. The molecule has 1 saturated heterocycles. The summed E-state index contributed by atoms with van der Waals surface area (Å²) in [5.41, 5.74) is 0.630. The van der Waals surface area contributed by atoms with E-state index in [1.54, 1.807) is 16.3 Å². The fourth-order valence-corrected chi connectivity index (χ4v) is 4.56. The van der Waals surface area contributed by atoms with Crippen molar-refractivity contribution in [2.24, 2.45) is 5.92 Å². The molecule has 2 fully saturated rings. The van der Waals surface area contributed by atoms with E-state index >= 15 is 0 Å². The first-order valence-electron chi connectivity index (χ1n) is 10.0. The van der Waals surface area contributed by atoms with Crippen LogP contribution in [-0.4, -0.2) is 48.3 Å². The number of nitrogens with zero attached hydrogens (tertiary/aromatic N) is 1. The van der Waals surface area contributed by atoms with Crippen molar-refractivity contribution in [1.82, 2.24) is 15.5 Å². The van der Waals surface area contributed by atoms with Crippen LogP contribution in [0.4, 0.5) is 0 Å². The maximum absolute atomic E-state index is 12.6. The quantitative estimate of drug-likeness (QED) is 0.782. The van der Waals surface area contributed by atoms with Crippen LogP contribution in [0.1, 0.15) is 61.7 Å². The van der Waals surface area contributed by atoms with Gasteiger partial charge in [-0.25, -0.2) is 0 Å². The summed E-state index contributed by atoms with van der Waals surface area (Å²) in [7, 11) is 0. The molecule has 6 nitrogen and oxygen atoms in total. The summed E-state index contributed by atoms with van der Waals surface area (Å²) in [6.45, 7) is 1.52. The van der Waals surface area contributed by atoms with Gasteiger partial charge in [0.05, 0.1) is 5.92 Å². The van der Waals surface area contributed by atoms with Gasteiger partial charge in [0.2, 0.25) is 11.8 Å². The van der Waals surface area contributed by atoms with Gasteiger partial charge in [-0.3, -0.25) is 14.4 Å². The summed E-state index contributed by atoms with van der Waals surface area (Å²) < 4.78 is 0. The van der Waals surface area contributed by atoms with Gasteiger partial charge in [0.25, 0.3) is 5.91 Å². The lowest BCUT2D eigenvalue weighted by atomic mass is 9.93. The second kappa shape index (κ2) is 9.88. The van der Waals surface area contributed by atoms with Crippen LogP contribution in [0.15, 0.2) is 16.8 Å². The third-order valence-electron chi connectivity index (χ3n) is 5.50. The van der Waals surface area contributed by atoms with Crippen molar-refractivity contribution in [3.8, 4) is 0 Å². The highest BCUT2D eigenvalue weighted by molar-refractivity contribution is 7.08. The van der Waals surface area contributed by atoms with E-state index in [-0.39, 0.29) is 30.1 Å². The predicted octanol–water partition coefficient (Wildman–Crippen LogP) is 2.56. The third kappa shape index (κ3) is 5.79. The van der Waals surface area contributed by atoms with Crippen LogP contribution in [0.3, 0.4) is 0 Å². The lowest BCUT2D eigenvalue weighted by Crippen LogP contribution is -2.48. The van der Waals surface area contributed by atoms with E-state index in [2.05, 4.69) is 10.6 Å². The Morgan fingerprint density at radius 2 is 1.93 bits per heavy atom. The molecular weight excluding hydrogens is 362 g/mol. The SMILES string of the molecule is O=C(NCCC(=O)N1CCCC(C(=O)NC2CCCCC2)C1)c1ccsc1. The standard InChI is InChI=1S/C20H29N3O3S/c24-18(8-10-21-19(25)16-9-12-27-14-16)23-11-4-5-15(13-23)20(26)22-17-6-2-1-3-7-17/h9,12,14-15,17H,1-8,10-11,13H2,(H,21,25)(H,22,26). The Morgan fingerprint density at radius 3 is 2.67 bits per heavy atom. The van der Waals surface area contributed by atoms with E-state index in [1.807, 2.05) is 5.38 Å². The smallest absolute Gasteiger partial charge is 0.252 e. The van der Waals surface area contributed by atoms with Gasteiger partial charge >= 0.3 is 0 Å². The minimum Gasteiger partial charge on any atom is -0.353 e. The molecule has 148 valence electrons. The zero-order chi connectivity index (χ0) is 19.1. The Hall–Kier alpha value is -1.89. The van der Waals surface area contributed by atoms with Gasteiger partial charge in [0.15, 0.2) is 0 Å². The molecule has 1 atom stereocenters. The summed E-state index contributed by atoms with van der Waals surface area (Å²) in [4.78, 5) is 38.7. The Morgan fingerprint density at radius 1 is 1.11 bits per heavy atom. The van der Waals surface area contributed by atoms with E-state index in [0.717, 1.165) is 25.7 Å². The van der Waals surface area contributed by atoms with Crippen LogP contribution < -0.4 is 10.6 Å². The van der Waals surface area contributed by atoms with Gasteiger partial charge in [-0.1, -0.05) is 19.3 Å². The number of likely N-dealkylation sites (tertiary alicyclic amines) is 1. The minimum absolute atomic E-state index is 0.00999. The lowest BCUT2D eigenvalue weighted by Gasteiger charge is -2.33. The number of hydrogen-bond donors (Lipinski definition) is 2. The molecule has 1 aromatic rings. The van der Waals surface area contributed by atoms with Crippen molar-refractivity contribution in [2.75, 3.05) is 19.6 Å². The van der Waals surface area contributed by atoms with Crippen LogP contribution >= 0.6 is 11.3 Å². The van der Waals surface area contributed by atoms with Crippen molar-refractivity contribution in [1.29, 1.82) is 0 Å². The molecule has 0 aromatic carbocycles. The van der Waals surface area contributed by atoms with Gasteiger partial charge in [-0.2, -0.15) is 11.3 Å². The molecule has 1 saturated carbocycles. The molecule has 0 radical (unpaired) electrons. The molecule has 2 heterocycles. The van der Waals surface area contributed by atoms with Gasteiger partial charge in [-0.15, -0.1) is 0 Å². The molecule has 3 amide bonds. The fourth-order valence-electron chi connectivity index (χ4n) is 3.92. The number of amides is 3. The molecule has 1 unspecified atom stereocenters. The first-order chi connectivity index (χ1) is 13.1. The van der Waals surface area contributed by atoms with Gasteiger partial charge < -0.3 is 15.5 Å². The van der Waals surface area contributed by atoms with E-state index in [4.69, 9.17) is 0 Å². The summed E-state index contributed by atoms with van der Waals surface area (Å²) in [5, 5.41) is 9.62. The monoisotopic (exact) mass is 391 g/mol. The van der Waals surface area contributed by atoms with Crippen LogP contribution in [-0.2, 0) is 9.59 Å². The van der Waals surface area contributed by atoms with E-state index in [1.165, 1.54) is 30.6 Å². The van der Waals surface area contributed by atoms with E-state index < -0.39 is 0 Å². The number of carbonyl (C=O) groups excluding carboxylic acids is 3. The summed E-state index contributed by atoms with van der Waals surface area (Å²) >= 11 is 1.47. The Balaban J connectivity index is 1.40. The normalized spacial score (nSPS) is 20.9. The first kappa shape index (κ1) is 19.9. The largest absolute Gasteiger partial charge is 0.353 e. The van der Waals surface area contributed by atoms with Crippen molar-refractivity contribution < 1.29 is 14.4 Å². The number of carbonyl (C=O) groups is 3. The van der Waals surface area contributed by atoms with Crippen LogP contribution in [0.5, 0.6) is 0 Å². The molecule has 7 heteroatoms.